The zero-order valence-corrected chi connectivity index (χ0v) is 68.5. The summed E-state index contributed by atoms with van der Waals surface area (Å²) in [7, 11) is -9.92. The number of unbranched alkanes of at least 4 members (excludes halogenated alkanes) is 54. The molecule has 0 spiro atoms. The van der Waals surface area contributed by atoms with Crippen LogP contribution in [0.15, 0.2) is 0 Å². The van der Waals surface area contributed by atoms with Gasteiger partial charge in [0.25, 0.3) is 0 Å². The first-order valence-corrected chi connectivity index (χ1v) is 46.2. The highest BCUT2D eigenvalue weighted by atomic mass is 31.2. The van der Waals surface area contributed by atoms with Crippen molar-refractivity contribution in [2.75, 3.05) is 39.6 Å². The summed E-state index contributed by atoms with van der Waals surface area (Å²) in [4.78, 5) is 73.0. The van der Waals surface area contributed by atoms with E-state index in [1.807, 2.05) is 0 Å². The lowest BCUT2D eigenvalue weighted by Crippen LogP contribution is -2.30. The zero-order valence-electron chi connectivity index (χ0n) is 66.8. The standard InChI is InChI=1S/C83H162O17P2/c1-6-10-13-16-19-22-24-26-28-30-32-34-36-38-40-42-47-52-57-62-67-81(86)94-73-79(100-82(87)68-63-58-53-48-43-41-39-37-35-33-31-29-27-25-23-20-17-14-11-7-2)75-98-102(91,92)96-71-77(84)70-95-101(89,90)97-74-78(72-93-80(85)66-61-56-51-21-18-15-12-8-3)99-83(88)69-64-59-54-49-45-44-46-50-55-60-65-76(5)9-4/h76-79,84H,6-75H2,1-5H3,(H,89,90)(H,91,92)/t76?,77-,78+,79+/m0/s1. The van der Waals surface area contributed by atoms with Crippen LogP contribution in [-0.2, 0) is 65.4 Å². The number of phosphoric ester groups is 2. The average Bonchev–Trinajstić information content (AvgIpc) is 0.920. The van der Waals surface area contributed by atoms with Crippen LogP contribution >= 0.6 is 15.6 Å². The van der Waals surface area contributed by atoms with Crippen LogP contribution in [0.4, 0.5) is 0 Å². The van der Waals surface area contributed by atoms with Gasteiger partial charge in [-0.25, -0.2) is 9.13 Å². The van der Waals surface area contributed by atoms with Gasteiger partial charge < -0.3 is 33.8 Å². The van der Waals surface area contributed by atoms with Crippen LogP contribution in [0.5, 0.6) is 0 Å². The van der Waals surface area contributed by atoms with Crippen molar-refractivity contribution in [1.29, 1.82) is 0 Å². The first-order chi connectivity index (χ1) is 49.6. The molecule has 6 atom stereocenters. The van der Waals surface area contributed by atoms with Gasteiger partial charge in [0.05, 0.1) is 26.4 Å². The van der Waals surface area contributed by atoms with Crippen molar-refractivity contribution >= 4 is 39.5 Å². The van der Waals surface area contributed by atoms with E-state index in [-0.39, 0.29) is 25.7 Å². The van der Waals surface area contributed by atoms with Gasteiger partial charge in [-0.2, -0.15) is 0 Å². The topological polar surface area (TPSA) is 237 Å². The van der Waals surface area contributed by atoms with Gasteiger partial charge in [-0.1, -0.05) is 394 Å². The van der Waals surface area contributed by atoms with E-state index in [2.05, 4.69) is 34.6 Å². The smallest absolute Gasteiger partial charge is 0.462 e. The molecule has 0 aliphatic rings. The van der Waals surface area contributed by atoms with Gasteiger partial charge in [0.15, 0.2) is 12.2 Å². The summed E-state index contributed by atoms with van der Waals surface area (Å²) in [6.45, 7) is 7.33. The number of carbonyl (C=O) groups is 4. The predicted octanol–water partition coefficient (Wildman–Crippen LogP) is 25.2. The fraction of sp³-hybridized carbons (Fsp3) is 0.952. The van der Waals surface area contributed by atoms with Crippen LogP contribution < -0.4 is 0 Å². The fourth-order valence-electron chi connectivity index (χ4n) is 12.9. The van der Waals surface area contributed by atoms with Crippen LogP contribution in [0.2, 0.25) is 0 Å². The van der Waals surface area contributed by atoms with E-state index in [9.17, 15) is 43.2 Å². The molecule has 0 aromatic carbocycles. The summed E-state index contributed by atoms with van der Waals surface area (Å²) in [5, 5.41) is 10.6. The molecule has 0 rings (SSSR count). The molecule has 0 heterocycles. The van der Waals surface area contributed by atoms with Gasteiger partial charge in [-0.05, 0) is 31.6 Å². The molecule has 0 aliphatic heterocycles. The molecule has 0 amide bonds. The SMILES string of the molecule is CCCCCCCCCCCCCCCCCCCCCCC(=O)OC[C@H](COP(=O)(O)OC[C@@H](O)COP(=O)(O)OC[C@@H](COC(=O)CCCCCCCCCC)OC(=O)CCCCCCCCCCCCC(C)CC)OC(=O)CCCCCCCCCCCCCCCCCCCCCC. The largest absolute Gasteiger partial charge is 0.472 e. The Morgan fingerprint density at radius 3 is 0.696 bits per heavy atom. The number of esters is 4. The van der Waals surface area contributed by atoms with Crippen LogP contribution in [0.3, 0.4) is 0 Å². The van der Waals surface area contributed by atoms with Gasteiger partial charge >= 0.3 is 39.5 Å². The summed E-state index contributed by atoms with van der Waals surface area (Å²) < 4.78 is 68.7. The third-order valence-electron chi connectivity index (χ3n) is 19.9. The van der Waals surface area contributed by atoms with Gasteiger partial charge in [-0.15, -0.1) is 0 Å². The molecule has 3 N–H and O–H groups in total. The zero-order chi connectivity index (χ0) is 74.8. The number of aliphatic hydroxyl groups excluding tert-OH is 1. The Kier molecular flexibility index (Phi) is 74.4. The van der Waals surface area contributed by atoms with E-state index in [1.54, 1.807) is 0 Å². The molecule has 19 heteroatoms. The molecular weight excluding hydrogens is 1330 g/mol. The van der Waals surface area contributed by atoms with E-state index < -0.39 is 97.5 Å². The Labute approximate surface area is 626 Å². The fourth-order valence-corrected chi connectivity index (χ4v) is 14.5. The summed E-state index contributed by atoms with van der Waals surface area (Å²) >= 11 is 0. The summed E-state index contributed by atoms with van der Waals surface area (Å²) in [5.41, 5.74) is 0. The molecule has 3 unspecified atom stereocenters. The quantitative estimate of drug-likeness (QED) is 0.0222. The molecule has 0 saturated heterocycles. The summed E-state index contributed by atoms with van der Waals surface area (Å²) in [6, 6.07) is 0. The molecule has 0 aromatic rings. The van der Waals surface area contributed by atoms with Gasteiger partial charge in [0.2, 0.25) is 0 Å². The van der Waals surface area contributed by atoms with Gasteiger partial charge in [0.1, 0.15) is 19.3 Å². The number of aliphatic hydroxyl groups is 1. The van der Waals surface area contributed by atoms with E-state index in [4.69, 9.17) is 37.0 Å². The number of ether oxygens (including phenoxy) is 4. The lowest BCUT2D eigenvalue weighted by Gasteiger charge is -2.21. The lowest BCUT2D eigenvalue weighted by atomic mass is 9.99. The molecule has 606 valence electrons. The van der Waals surface area contributed by atoms with Crippen LogP contribution in [0.25, 0.3) is 0 Å². The third-order valence-corrected chi connectivity index (χ3v) is 21.8. The van der Waals surface area contributed by atoms with Crippen molar-refractivity contribution < 1.29 is 80.2 Å². The molecule has 17 nitrogen and oxygen atoms in total. The van der Waals surface area contributed by atoms with Gasteiger partial charge in [-0.3, -0.25) is 37.3 Å². The minimum absolute atomic E-state index is 0.107. The first kappa shape index (κ1) is 100. The number of hydrogen-bond acceptors (Lipinski definition) is 15. The second kappa shape index (κ2) is 75.9. The second-order valence-electron chi connectivity index (χ2n) is 30.1. The van der Waals surface area contributed by atoms with Crippen molar-refractivity contribution in [1.82, 2.24) is 0 Å². The normalized spacial score (nSPS) is 14.1. The molecule has 102 heavy (non-hydrogen) atoms. The maximum atomic E-state index is 13.1. The highest BCUT2D eigenvalue weighted by Crippen LogP contribution is 2.45. The molecule has 0 saturated carbocycles. The Hall–Kier alpha value is -1.94. The number of phosphoric acid groups is 2. The average molecular weight is 1490 g/mol. The molecular formula is C83H162O17P2. The van der Waals surface area contributed by atoms with Crippen molar-refractivity contribution in [3.63, 3.8) is 0 Å². The van der Waals surface area contributed by atoms with Crippen molar-refractivity contribution in [3.05, 3.63) is 0 Å². The molecule has 0 aromatic heterocycles. The predicted molar refractivity (Wildman–Crippen MR) is 418 cm³/mol. The Bertz CT molecular complexity index is 1950. The maximum absolute atomic E-state index is 13.1. The van der Waals surface area contributed by atoms with E-state index >= 15 is 0 Å². The number of carbonyl (C=O) groups excluding carboxylic acids is 4. The maximum Gasteiger partial charge on any atom is 0.472 e. The monoisotopic (exact) mass is 1490 g/mol. The first-order valence-electron chi connectivity index (χ1n) is 43.2. The minimum Gasteiger partial charge on any atom is -0.462 e. The molecule has 0 radical (unpaired) electrons. The molecule has 0 aliphatic carbocycles. The molecule has 0 bridgehead atoms. The Morgan fingerprint density at radius 1 is 0.275 bits per heavy atom. The minimum atomic E-state index is -4.96. The lowest BCUT2D eigenvalue weighted by molar-refractivity contribution is -0.161. The van der Waals surface area contributed by atoms with E-state index in [0.717, 1.165) is 102 Å². The highest BCUT2D eigenvalue weighted by molar-refractivity contribution is 7.47. The number of hydrogen-bond donors (Lipinski definition) is 3. The number of rotatable bonds is 83. The second-order valence-corrected chi connectivity index (χ2v) is 33.0. The molecule has 0 fully saturated rings. The van der Waals surface area contributed by atoms with E-state index in [0.29, 0.717) is 25.7 Å². The van der Waals surface area contributed by atoms with Gasteiger partial charge in [0, 0.05) is 25.7 Å². The van der Waals surface area contributed by atoms with Crippen LogP contribution in [0, 0.1) is 5.92 Å². The van der Waals surface area contributed by atoms with Crippen LogP contribution in [-0.4, -0.2) is 96.7 Å². The van der Waals surface area contributed by atoms with Crippen molar-refractivity contribution in [2.24, 2.45) is 5.92 Å². The Balaban J connectivity index is 5.19. The Morgan fingerprint density at radius 2 is 0.471 bits per heavy atom. The highest BCUT2D eigenvalue weighted by Gasteiger charge is 2.30. The van der Waals surface area contributed by atoms with Crippen molar-refractivity contribution in [2.45, 2.75) is 464 Å². The van der Waals surface area contributed by atoms with E-state index in [1.165, 1.54) is 263 Å². The van der Waals surface area contributed by atoms with Crippen molar-refractivity contribution in [3.8, 4) is 0 Å². The summed E-state index contributed by atoms with van der Waals surface area (Å²) in [5.74, 6) is -1.30. The van der Waals surface area contributed by atoms with Crippen LogP contribution in [0.1, 0.15) is 446 Å². The summed E-state index contributed by atoms with van der Waals surface area (Å²) in [6.07, 6.45) is 68.2. The third kappa shape index (κ3) is 74.9.